The van der Waals surface area contributed by atoms with Crippen molar-refractivity contribution in [2.45, 2.75) is 26.2 Å². The number of rotatable bonds is 5. The molecule has 2 N–H and O–H groups in total. The summed E-state index contributed by atoms with van der Waals surface area (Å²) in [5, 5.41) is 8.04. The number of carbonyl (C=O) groups is 2. The molecule has 0 radical (unpaired) electrons. The maximum atomic E-state index is 12.1. The normalized spacial score (nSPS) is 13.7. The largest absolute Gasteiger partial charge is 0.326 e. The zero-order valence-corrected chi connectivity index (χ0v) is 15.0. The van der Waals surface area contributed by atoms with Crippen molar-refractivity contribution >= 4 is 49.9 Å². The van der Waals surface area contributed by atoms with Crippen LogP contribution in [0.5, 0.6) is 0 Å². The van der Waals surface area contributed by atoms with Crippen LogP contribution in [-0.4, -0.2) is 16.8 Å². The van der Waals surface area contributed by atoms with Gasteiger partial charge in [0.1, 0.15) is 0 Å². The van der Waals surface area contributed by atoms with Gasteiger partial charge >= 0.3 is 0 Å². The lowest BCUT2D eigenvalue weighted by Gasteiger charge is -2.08. The first kappa shape index (κ1) is 16.1. The number of carbonyl (C=O) groups excluding carboxylic acids is 2. The van der Waals surface area contributed by atoms with Gasteiger partial charge in [-0.15, -0.1) is 11.3 Å². The van der Waals surface area contributed by atoms with Crippen LogP contribution in [0.15, 0.2) is 28.1 Å². The minimum atomic E-state index is -0.124. The van der Waals surface area contributed by atoms with Gasteiger partial charge in [-0.2, -0.15) is 0 Å². The molecule has 0 unspecified atom stereocenters. The van der Waals surface area contributed by atoms with E-state index in [1.807, 2.05) is 25.1 Å². The maximum Gasteiger partial charge on any atom is 0.230 e. The first-order chi connectivity index (χ1) is 11.0. The number of hydrogen-bond donors (Lipinski definition) is 2. The SMILES string of the molecule is Cc1cc(Br)ccc1NC(=O)Cc1csc(NC(=O)C2CC2)n1. The van der Waals surface area contributed by atoms with Crippen molar-refractivity contribution in [3.63, 3.8) is 0 Å². The fourth-order valence-corrected chi connectivity index (χ4v) is 3.31. The summed E-state index contributed by atoms with van der Waals surface area (Å²) in [4.78, 5) is 28.1. The van der Waals surface area contributed by atoms with E-state index in [-0.39, 0.29) is 24.2 Å². The molecule has 3 rings (SSSR count). The van der Waals surface area contributed by atoms with E-state index < -0.39 is 0 Å². The summed E-state index contributed by atoms with van der Waals surface area (Å²) in [6.45, 7) is 1.94. The van der Waals surface area contributed by atoms with Gasteiger partial charge in [-0.25, -0.2) is 4.98 Å². The average Bonchev–Trinajstić information content (AvgIpc) is 3.25. The third-order valence-electron chi connectivity index (χ3n) is 3.53. The van der Waals surface area contributed by atoms with Crippen LogP contribution in [0.25, 0.3) is 0 Å². The fourth-order valence-electron chi connectivity index (χ4n) is 2.12. The van der Waals surface area contributed by atoms with Crippen molar-refractivity contribution in [2.24, 2.45) is 5.92 Å². The Morgan fingerprint density at radius 1 is 1.35 bits per heavy atom. The Morgan fingerprint density at radius 3 is 2.83 bits per heavy atom. The van der Waals surface area contributed by atoms with Crippen LogP contribution >= 0.6 is 27.3 Å². The van der Waals surface area contributed by atoms with Crippen LogP contribution in [0.4, 0.5) is 10.8 Å². The van der Waals surface area contributed by atoms with Gasteiger partial charge in [0, 0.05) is 21.5 Å². The van der Waals surface area contributed by atoms with E-state index in [4.69, 9.17) is 0 Å². The highest BCUT2D eigenvalue weighted by Crippen LogP contribution is 2.30. The van der Waals surface area contributed by atoms with E-state index >= 15 is 0 Å². The van der Waals surface area contributed by atoms with E-state index in [2.05, 4.69) is 31.5 Å². The molecule has 7 heteroatoms. The standard InChI is InChI=1S/C16H16BrN3O2S/c1-9-6-11(17)4-5-13(9)19-14(21)7-12-8-23-16(18-12)20-15(22)10-2-3-10/h4-6,8,10H,2-3,7H2,1H3,(H,19,21)(H,18,20,22). The molecule has 0 atom stereocenters. The summed E-state index contributed by atoms with van der Waals surface area (Å²) in [6, 6.07) is 5.70. The van der Waals surface area contributed by atoms with Gasteiger partial charge in [0.25, 0.3) is 0 Å². The van der Waals surface area contributed by atoms with Gasteiger partial charge in [-0.05, 0) is 43.5 Å². The highest BCUT2D eigenvalue weighted by molar-refractivity contribution is 9.10. The van der Waals surface area contributed by atoms with Crippen molar-refractivity contribution in [1.29, 1.82) is 0 Å². The Hall–Kier alpha value is -1.73. The molecule has 2 aromatic rings. The molecule has 1 saturated carbocycles. The summed E-state index contributed by atoms with van der Waals surface area (Å²) in [6.07, 6.45) is 2.10. The molecule has 120 valence electrons. The van der Waals surface area contributed by atoms with Gasteiger partial charge in [-0.3, -0.25) is 9.59 Å². The number of nitrogens with one attached hydrogen (secondary N) is 2. The van der Waals surface area contributed by atoms with Gasteiger partial charge in [0.15, 0.2) is 5.13 Å². The lowest BCUT2D eigenvalue weighted by atomic mass is 10.2. The molecule has 1 aliphatic rings. The zero-order chi connectivity index (χ0) is 16.4. The predicted octanol–water partition coefficient (Wildman–Crippen LogP) is 3.74. The quantitative estimate of drug-likeness (QED) is 0.812. The van der Waals surface area contributed by atoms with Gasteiger partial charge in [0.2, 0.25) is 11.8 Å². The molecule has 5 nitrogen and oxygen atoms in total. The van der Waals surface area contributed by atoms with Crippen molar-refractivity contribution < 1.29 is 9.59 Å². The second kappa shape index (κ2) is 6.80. The third kappa shape index (κ3) is 4.39. The maximum absolute atomic E-state index is 12.1. The molecule has 1 fully saturated rings. The van der Waals surface area contributed by atoms with E-state index in [1.54, 1.807) is 5.38 Å². The molecular weight excluding hydrogens is 378 g/mol. The zero-order valence-electron chi connectivity index (χ0n) is 12.6. The first-order valence-corrected chi connectivity index (χ1v) is 9.00. The lowest BCUT2D eigenvalue weighted by molar-refractivity contribution is -0.117. The number of thiazole rings is 1. The molecule has 0 aliphatic heterocycles. The highest BCUT2D eigenvalue weighted by atomic mass is 79.9. The van der Waals surface area contributed by atoms with Gasteiger partial charge < -0.3 is 10.6 Å². The molecule has 2 amide bonds. The summed E-state index contributed by atoms with van der Waals surface area (Å²) < 4.78 is 0.976. The molecule has 0 bridgehead atoms. The second-order valence-electron chi connectivity index (χ2n) is 5.59. The number of anilines is 2. The second-order valence-corrected chi connectivity index (χ2v) is 7.37. The van der Waals surface area contributed by atoms with E-state index in [9.17, 15) is 9.59 Å². The van der Waals surface area contributed by atoms with Crippen molar-refractivity contribution in [1.82, 2.24) is 4.98 Å². The number of aryl methyl sites for hydroxylation is 1. The predicted molar refractivity (Wildman–Crippen MR) is 94.7 cm³/mol. The van der Waals surface area contributed by atoms with Crippen LogP contribution in [0.3, 0.4) is 0 Å². The highest BCUT2D eigenvalue weighted by Gasteiger charge is 2.30. The minimum absolute atomic E-state index is 0.0286. The molecule has 0 saturated heterocycles. The molecule has 1 aromatic heterocycles. The van der Waals surface area contributed by atoms with Crippen molar-refractivity contribution in [3.05, 3.63) is 39.3 Å². The number of aromatic nitrogens is 1. The summed E-state index contributed by atoms with van der Waals surface area (Å²) >= 11 is 4.74. The smallest absolute Gasteiger partial charge is 0.230 e. The molecule has 1 heterocycles. The van der Waals surface area contributed by atoms with E-state index in [1.165, 1.54) is 11.3 Å². The monoisotopic (exact) mass is 393 g/mol. The Balaban J connectivity index is 1.57. The van der Waals surface area contributed by atoms with E-state index in [0.29, 0.717) is 10.8 Å². The number of nitrogens with zero attached hydrogens (tertiary/aromatic N) is 1. The van der Waals surface area contributed by atoms with Gasteiger partial charge in [0.05, 0.1) is 12.1 Å². The Bertz CT molecular complexity index is 756. The van der Waals surface area contributed by atoms with Gasteiger partial charge in [-0.1, -0.05) is 15.9 Å². The molecule has 1 aromatic carbocycles. The van der Waals surface area contributed by atoms with Crippen LogP contribution in [0, 0.1) is 12.8 Å². The first-order valence-electron chi connectivity index (χ1n) is 7.32. The Kier molecular flexibility index (Phi) is 4.77. The molecule has 0 spiro atoms. The molecule has 23 heavy (non-hydrogen) atoms. The van der Waals surface area contributed by atoms with Crippen LogP contribution in [0.1, 0.15) is 24.1 Å². The molecule has 1 aliphatic carbocycles. The van der Waals surface area contributed by atoms with Crippen molar-refractivity contribution in [2.75, 3.05) is 10.6 Å². The number of amides is 2. The van der Waals surface area contributed by atoms with Crippen LogP contribution in [-0.2, 0) is 16.0 Å². The van der Waals surface area contributed by atoms with Crippen LogP contribution < -0.4 is 10.6 Å². The third-order valence-corrected chi connectivity index (χ3v) is 4.83. The lowest BCUT2D eigenvalue weighted by Crippen LogP contribution is -2.16. The summed E-state index contributed by atoms with van der Waals surface area (Å²) in [7, 11) is 0. The van der Waals surface area contributed by atoms with E-state index in [0.717, 1.165) is 28.6 Å². The fraction of sp³-hybridized carbons (Fsp3) is 0.312. The van der Waals surface area contributed by atoms with Crippen molar-refractivity contribution in [3.8, 4) is 0 Å². The minimum Gasteiger partial charge on any atom is -0.326 e. The number of halogens is 1. The topological polar surface area (TPSA) is 71.1 Å². The molecular formula is C16H16BrN3O2S. The number of benzene rings is 1. The Labute approximate surface area is 146 Å². The summed E-state index contributed by atoms with van der Waals surface area (Å²) in [5.74, 6) is 0.0488. The average molecular weight is 394 g/mol. The summed E-state index contributed by atoms with van der Waals surface area (Å²) in [5.41, 5.74) is 2.44. The number of hydrogen-bond acceptors (Lipinski definition) is 4. The Morgan fingerprint density at radius 2 is 2.13 bits per heavy atom. The van der Waals surface area contributed by atoms with Crippen LogP contribution in [0.2, 0.25) is 0 Å².